The van der Waals surface area contributed by atoms with E-state index in [-0.39, 0.29) is 17.3 Å². The molecule has 2 rings (SSSR count). The number of rotatable bonds is 5. The number of hydrogen-bond acceptors (Lipinski definition) is 6. The van der Waals surface area contributed by atoms with Crippen LogP contribution in [-0.4, -0.2) is 48.2 Å². The van der Waals surface area contributed by atoms with Gasteiger partial charge in [-0.05, 0) is 31.5 Å². The highest BCUT2D eigenvalue weighted by Gasteiger charge is 2.18. The molecule has 0 spiro atoms. The molecule has 0 saturated carbocycles. The van der Waals surface area contributed by atoms with Crippen LogP contribution in [0.3, 0.4) is 0 Å². The largest absolute Gasteiger partial charge is 0.505 e. The van der Waals surface area contributed by atoms with Crippen molar-refractivity contribution in [1.82, 2.24) is 9.29 Å². The highest BCUT2D eigenvalue weighted by Crippen LogP contribution is 2.26. The van der Waals surface area contributed by atoms with Gasteiger partial charge in [-0.3, -0.25) is 9.98 Å². The van der Waals surface area contributed by atoms with Crippen molar-refractivity contribution in [2.75, 3.05) is 14.1 Å². The molecule has 0 fully saturated rings. The first-order chi connectivity index (χ1) is 11.7. The van der Waals surface area contributed by atoms with Gasteiger partial charge in [-0.1, -0.05) is 6.07 Å². The molecule has 134 valence electrons. The van der Waals surface area contributed by atoms with Gasteiger partial charge in [0.2, 0.25) is 10.0 Å². The Labute approximate surface area is 147 Å². The summed E-state index contributed by atoms with van der Waals surface area (Å²) in [5.41, 5.74) is 2.45. The van der Waals surface area contributed by atoms with Gasteiger partial charge in [-0.15, -0.1) is 0 Å². The minimum absolute atomic E-state index is 0.0648. The Morgan fingerprint density at radius 2 is 1.96 bits per heavy atom. The van der Waals surface area contributed by atoms with E-state index < -0.39 is 10.0 Å². The Hall–Kier alpha value is -2.29. The number of aryl methyl sites for hydroxylation is 2. The molecule has 1 aromatic heterocycles. The van der Waals surface area contributed by atoms with Crippen LogP contribution in [0.5, 0.6) is 5.75 Å². The molecule has 0 radical (unpaired) electrons. The Bertz CT molecular complexity index is 922. The fourth-order valence-corrected chi connectivity index (χ4v) is 3.08. The second-order valence-electron chi connectivity index (χ2n) is 5.78. The number of nitrogens with zero attached hydrogens (tertiary/aromatic N) is 3. The van der Waals surface area contributed by atoms with Crippen molar-refractivity contribution >= 4 is 21.9 Å². The summed E-state index contributed by atoms with van der Waals surface area (Å²) in [5, 5.41) is 19.5. The van der Waals surface area contributed by atoms with Crippen LogP contribution >= 0.6 is 0 Å². The van der Waals surface area contributed by atoms with Gasteiger partial charge in [-0.2, -0.15) is 0 Å². The van der Waals surface area contributed by atoms with Crippen molar-refractivity contribution in [2.45, 2.75) is 25.3 Å². The van der Waals surface area contributed by atoms with E-state index in [1.807, 2.05) is 6.92 Å². The Kier molecular flexibility index (Phi) is 5.56. The van der Waals surface area contributed by atoms with Crippen LogP contribution in [0.25, 0.3) is 0 Å². The van der Waals surface area contributed by atoms with Gasteiger partial charge >= 0.3 is 0 Å². The van der Waals surface area contributed by atoms with Gasteiger partial charge in [0.15, 0.2) is 0 Å². The molecule has 0 aliphatic heterocycles. The molecule has 25 heavy (non-hydrogen) atoms. The molecule has 0 aliphatic carbocycles. The van der Waals surface area contributed by atoms with Gasteiger partial charge in [0.1, 0.15) is 5.75 Å². The Morgan fingerprint density at radius 1 is 1.28 bits per heavy atom. The summed E-state index contributed by atoms with van der Waals surface area (Å²) in [6.07, 6.45) is 2.88. The summed E-state index contributed by atoms with van der Waals surface area (Å²) < 4.78 is 25.7. The minimum atomic E-state index is -3.57. The lowest BCUT2D eigenvalue weighted by Crippen LogP contribution is -2.22. The van der Waals surface area contributed by atoms with E-state index in [0.29, 0.717) is 22.5 Å². The van der Waals surface area contributed by atoms with E-state index in [9.17, 15) is 18.6 Å². The monoisotopic (exact) mass is 363 g/mol. The molecule has 0 atom stereocenters. The number of hydrogen-bond donors (Lipinski definition) is 2. The van der Waals surface area contributed by atoms with Crippen molar-refractivity contribution < 1.29 is 18.6 Å². The van der Waals surface area contributed by atoms with Crippen LogP contribution < -0.4 is 0 Å². The van der Waals surface area contributed by atoms with Gasteiger partial charge < -0.3 is 10.2 Å². The van der Waals surface area contributed by atoms with E-state index in [1.165, 1.54) is 38.6 Å². The van der Waals surface area contributed by atoms with Gasteiger partial charge in [0.25, 0.3) is 0 Å². The molecule has 2 N–H and O–H groups in total. The fourth-order valence-electron chi connectivity index (χ4n) is 2.16. The van der Waals surface area contributed by atoms with E-state index in [2.05, 4.69) is 9.98 Å². The van der Waals surface area contributed by atoms with Crippen LogP contribution in [0, 0.1) is 13.8 Å². The molecule has 0 saturated heterocycles. The Morgan fingerprint density at radius 3 is 2.56 bits per heavy atom. The number of sulfonamides is 1. The smallest absolute Gasteiger partial charge is 0.242 e. The molecule has 1 aromatic carbocycles. The van der Waals surface area contributed by atoms with Crippen LogP contribution in [0.2, 0.25) is 0 Å². The fraction of sp³-hybridized carbons (Fsp3) is 0.294. The average Bonchev–Trinajstić information content (AvgIpc) is 2.57. The third-order valence-corrected chi connectivity index (χ3v) is 5.63. The maximum atomic E-state index is 12.3. The molecular formula is C17H21N3O4S. The third-order valence-electron chi connectivity index (χ3n) is 3.82. The van der Waals surface area contributed by atoms with E-state index in [1.54, 1.807) is 13.0 Å². The van der Waals surface area contributed by atoms with Crippen LogP contribution in [0.15, 0.2) is 34.3 Å². The summed E-state index contributed by atoms with van der Waals surface area (Å²) in [6, 6.07) is 4.68. The lowest BCUT2D eigenvalue weighted by Gasteiger charge is -2.12. The number of benzene rings is 1. The predicted molar refractivity (Wildman–Crippen MR) is 95.9 cm³/mol. The molecule has 8 heteroatoms. The van der Waals surface area contributed by atoms with Gasteiger partial charge in [0, 0.05) is 37.6 Å². The first kappa shape index (κ1) is 19.0. The quantitative estimate of drug-likeness (QED) is 0.790. The van der Waals surface area contributed by atoms with Gasteiger partial charge in [0.05, 0.1) is 22.9 Å². The van der Waals surface area contributed by atoms with Crippen molar-refractivity contribution in [1.29, 1.82) is 0 Å². The van der Waals surface area contributed by atoms with Gasteiger partial charge in [-0.25, -0.2) is 12.7 Å². The summed E-state index contributed by atoms with van der Waals surface area (Å²) in [6.45, 7) is 3.16. The molecule has 7 nitrogen and oxygen atoms in total. The second kappa shape index (κ2) is 7.30. The zero-order valence-corrected chi connectivity index (χ0v) is 15.4. The molecule has 0 aliphatic rings. The average molecular weight is 363 g/mol. The van der Waals surface area contributed by atoms with E-state index in [4.69, 9.17) is 0 Å². The molecule has 1 heterocycles. The molecular weight excluding hydrogens is 342 g/mol. The standard InChI is InChI=1S/C17H21N3O4S/c1-11-5-6-14(25(23,24)20(3)4)7-16(11)19-9-15-13(10-21)8-18-12(2)17(15)22/h5-9,21-22H,10H2,1-4H3. The highest BCUT2D eigenvalue weighted by molar-refractivity contribution is 7.89. The van der Waals surface area contributed by atoms with Crippen LogP contribution in [0.1, 0.15) is 22.4 Å². The van der Waals surface area contributed by atoms with Crippen molar-refractivity contribution in [3.8, 4) is 5.75 Å². The van der Waals surface area contributed by atoms with Crippen LogP contribution in [-0.2, 0) is 16.6 Å². The topological polar surface area (TPSA) is 103 Å². The summed E-state index contributed by atoms with van der Waals surface area (Å²) in [7, 11) is -0.643. The maximum absolute atomic E-state index is 12.3. The number of aliphatic hydroxyl groups excluding tert-OH is 1. The van der Waals surface area contributed by atoms with E-state index in [0.717, 1.165) is 9.87 Å². The van der Waals surface area contributed by atoms with Crippen molar-refractivity contribution in [3.63, 3.8) is 0 Å². The SMILES string of the molecule is Cc1ccc(S(=O)(=O)N(C)C)cc1N=Cc1c(CO)cnc(C)c1O. The lowest BCUT2D eigenvalue weighted by atomic mass is 10.1. The first-order valence-electron chi connectivity index (χ1n) is 7.54. The van der Waals surface area contributed by atoms with Crippen molar-refractivity contribution in [3.05, 3.63) is 46.8 Å². The third kappa shape index (κ3) is 3.87. The first-order valence-corrected chi connectivity index (χ1v) is 8.98. The molecule has 2 aromatic rings. The summed E-state index contributed by atoms with van der Waals surface area (Å²) in [4.78, 5) is 8.44. The second-order valence-corrected chi connectivity index (χ2v) is 7.93. The van der Waals surface area contributed by atoms with Crippen LogP contribution in [0.4, 0.5) is 5.69 Å². The van der Waals surface area contributed by atoms with E-state index >= 15 is 0 Å². The Balaban J connectivity index is 2.52. The normalized spacial score (nSPS) is 12.2. The number of pyridine rings is 1. The van der Waals surface area contributed by atoms with Crippen molar-refractivity contribution in [2.24, 2.45) is 4.99 Å². The zero-order chi connectivity index (χ0) is 18.8. The maximum Gasteiger partial charge on any atom is 0.242 e. The zero-order valence-electron chi connectivity index (χ0n) is 14.6. The minimum Gasteiger partial charge on any atom is -0.505 e. The highest BCUT2D eigenvalue weighted by atomic mass is 32.2. The molecule has 0 amide bonds. The summed E-state index contributed by atoms with van der Waals surface area (Å²) >= 11 is 0. The number of aliphatic imine (C=N–C) groups is 1. The number of aromatic hydroxyl groups is 1. The predicted octanol–water partition coefficient (Wildman–Crippen LogP) is 1.90. The number of aromatic nitrogens is 1. The summed E-state index contributed by atoms with van der Waals surface area (Å²) in [5.74, 6) is -0.0648. The lowest BCUT2D eigenvalue weighted by molar-refractivity contribution is 0.280. The molecule has 0 unspecified atom stereocenters. The molecule has 0 bridgehead atoms. The number of aliphatic hydroxyl groups is 1.